The summed E-state index contributed by atoms with van der Waals surface area (Å²) in [7, 11) is 0. The maximum Gasteiger partial charge on any atom is 0.335 e. The van der Waals surface area contributed by atoms with E-state index in [1.165, 1.54) is 10.8 Å². The molecular formula is C28H20N2O3. The van der Waals surface area contributed by atoms with Crippen molar-refractivity contribution in [3.8, 4) is 5.75 Å². The van der Waals surface area contributed by atoms with Gasteiger partial charge in [0.15, 0.2) is 0 Å². The number of aromatic nitrogens is 2. The largest absolute Gasteiger partial charge is 0.488 e. The van der Waals surface area contributed by atoms with Crippen LogP contribution in [-0.4, -0.2) is 20.6 Å². The molecule has 5 aromatic rings. The summed E-state index contributed by atoms with van der Waals surface area (Å²) in [5.41, 5.74) is 6.11. The number of fused-ring (bicyclic) bond motifs is 4. The third kappa shape index (κ3) is 3.34. The number of ether oxygens (including phenoxy) is 1. The van der Waals surface area contributed by atoms with Crippen LogP contribution in [0.15, 0.2) is 91.3 Å². The van der Waals surface area contributed by atoms with Crippen molar-refractivity contribution in [2.75, 3.05) is 0 Å². The lowest BCUT2D eigenvalue weighted by molar-refractivity contribution is 0.0697. The molecule has 0 spiro atoms. The zero-order chi connectivity index (χ0) is 22.4. The van der Waals surface area contributed by atoms with E-state index in [2.05, 4.69) is 46.0 Å². The number of carbonyl (C=O) groups is 1. The number of allylic oxidation sites excluding steroid dienone is 1. The summed E-state index contributed by atoms with van der Waals surface area (Å²) in [5, 5.41) is 11.9. The molecule has 0 unspecified atom stereocenters. The Bertz CT molecular complexity index is 1580. The maximum atomic E-state index is 11.7. The average Bonchev–Trinajstić information content (AvgIpc) is 3.16. The van der Waals surface area contributed by atoms with Gasteiger partial charge in [-0.1, -0.05) is 54.6 Å². The summed E-state index contributed by atoms with van der Waals surface area (Å²) in [4.78, 5) is 16.3. The Balaban J connectivity index is 1.50. The minimum Gasteiger partial charge on any atom is -0.488 e. The second-order valence-electron chi connectivity index (χ2n) is 8.16. The van der Waals surface area contributed by atoms with E-state index in [1.54, 1.807) is 18.2 Å². The molecule has 1 aromatic heterocycles. The number of hydrogen-bond donors (Lipinski definition) is 1. The molecule has 160 valence electrons. The van der Waals surface area contributed by atoms with Gasteiger partial charge in [-0.25, -0.2) is 9.78 Å². The van der Waals surface area contributed by atoms with Crippen LogP contribution in [0, 0.1) is 0 Å². The Morgan fingerprint density at radius 3 is 2.61 bits per heavy atom. The zero-order valence-corrected chi connectivity index (χ0v) is 17.7. The Morgan fingerprint density at radius 2 is 1.76 bits per heavy atom. The van der Waals surface area contributed by atoms with Crippen LogP contribution in [0.25, 0.3) is 27.4 Å². The lowest BCUT2D eigenvalue weighted by Crippen LogP contribution is -2.00. The zero-order valence-electron chi connectivity index (χ0n) is 17.7. The number of benzene rings is 4. The van der Waals surface area contributed by atoms with Gasteiger partial charge in [-0.05, 0) is 57.8 Å². The summed E-state index contributed by atoms with van der Waals surface area (Å²) < 4.78 is 8.16. The SMILES string of the molecule is O=C(O)c1ccc2c(c1)/C(=C/Cn1cnc3cc4ccccc4cc31)c1ccccc1CO2. The molecule has 5 nitrogen and oxygen atoms in total. The monoisotopic (exact) mass is 432 g/mol. The molecular weight excluding hydrogens is 412 g/mol. The Morgan fingerprint density at radius 1 is 0.970 bits per heavy atom. The molecule has 0 bridgehead atoms. The molecule has 0 saturated heterocycles. The van der Waals surface area contributed by atoms with Crippen LogP contribution < -0.4 is 4.74 Å². The number of aromatic carboxylic acids is 1. The van der Waals surface area contributed by atoms with E-state index in [4.69, 9.17) is 4.74 Å². The third-order valence-corrected chi connectivity index (χ3v) is 6.19. The highest BCUT2D eigenvalue weighted by molar-refractivity contribution is 5.95. The standard InChI is InChI=1S/C28H20N2O3/c31-28(32)20-9-10-27-24(13-20)23(22-8-4-3-7-21(22)16-33-27)11-12-30-17-29-25-14-18-5-1-2-6-19(18)15-26(25)30/h1-11,13-15,17H,12,16H2,(H,31,32)/b23-11+. The highest BCUT2D eigenvalue weighted by Crippen LogP contribution is 2.37. The smallest absolute Gasteiger partial charge is 0.335 e. The Kier molecular flexibility index (Phi) is 4.47. The summed E-state index contributed by atoms with van der Waals surface area (Å²) in [5.74, 6) is -0.272. The van der Waals surface area contributed by atoms with E-state index in [1.807, 2.05) is 36.7 Å². The molecule has 1 N–H and O–H groups in total. The number of nitrogens with zero attached hydrogens (tertiary/aromatic N) is 2. The molecule has 0 saturated carbocycles. The van der Waals surface area contributed by atoms with Crippen molar-refractivity contribution in [3.63, 3.8) is 0 Å². The summed E-state index contributed by atoms with van der Waals surface area (Å²) in [6, 6.07) is 25.7. The number of carboxylic acids is 1. The molecule has 0 aliphatic carbocycles. The highest BCUT2D eigenvalue weighted by Gasteiger charge is 2.20. The van der Waals surface area contributed by atoms with E-state index in [9.17, 15) is 9.90 Å². The Hall–Kier alpha value is -4.38. The lowest BCUT2D eigenvalue weighted by Gasteiger charge is -2.12. The van der Waals surface area contributed by atoms with Crippen molar-refractivity contribution in [1.82, 2.24) is 9.55 Å². The first-order valence-electron chi connectivity index (χ1n) is 10.8. The van der Waals surface area contributed by atoms with Crippen molar-refractivity contribution in [2.45, 2.75) is 13.2 Å². The molecule has 33 heavy (non-hydrogen) atoms. The van der Waals surface area contributed by atoms with Gasteiger partial charge in [0.25, 0.3) is 0 Å². The van der Waals surface area contributed by atoms with Crippen molar-refractivity contribution in [1.29, 1.82) is 0 Å². The van der Waals surface area contributed by atoms with Gasteiger partial charge in [0.2, 0.25) is 0 Å². The fraction of sp³-hybridized carbons (Fsp3) is 0.0714. The van der Waals surface area contributed by atoms with Gasteiger partial charge >= 0.3 is 5.97 Å². The third-order valence-electron chi connectivity index (χ3n) is 6.19. The van der Waals surface area contributed by atoms with Gasteiger partial charge < -0.3 is 14.4 Å². The first-order chi connectivity index (χ1) is 16.2. The van der Waals surface area contributed by atoms with Crippen LogP contribution in [-0.2, 0) is 13.2 Å². The van der Waals surface area contributed by atoms with Crippen LogP contribution in [0.1, 0.15) is 27.0 Å². The van der Waals surface area contributed by atoms with Crippen molar-refractivity contribution >= 4 is 33.3 Å². The van der Waals surface area contributed by atoms with Gasteiger partial charge in [-0.3, -0.25) is 0 Å². The highest BCUT2D eigenvalue weighted by atomic mass is 16.5. The number of carboxylic acid groups (broad SMARTS) is 1. The molecule has 1 aliphatic rings. The van der Waals surface area contributed by atoms with Crippen LogP contribution >= 0.6 is 0 Å². The van der Waals surface area contributed by atoms with Gasteiger partial charge in [0, 0.05) is 12.1 Å². The first kappa shape index (κ1) is 19.3. The minimum absolute atomic E-state index is 0.238. The molecule has 2 heterocycles. The fourth-order valence-electron chi connectivity index (χ4n) is 4.51. The van der Waals surface area contributed by atoms with E-state index < -0.39 is 5.97 Å². The van der Waals surface area contributed by atoms with Crippen molar-refractivity contribution in [3.05, 3.63) is 114 Å². The van der Waals surface area contributed by atoms with Crippen LogP contribution in [0.5, 0.6) is 5.75 Å². The van der Waals surface area contributed by atoms with Crippen molar-refractivity contribution < 1.29 is 14.6 Å². The van der Waals surface area contributed by atoms with Gasteiger partial charge in [-0.2, -0.15) is 0 Å². The molecule has 0 amide bonds. The number of imidazole rings is 1. The molecule has 0 atom stereocenters. The predicted octanol–water partition coefficient (Wildman–Crippen LogP) is 5.91. The molecule has 4 aromatic carbocycles. The lowest BCUT2D eigenvalue weighted by atomic mass is 9.93. The average molecular weight is 432 g/mol. The van der Waals surface area contributed by atoms with Gasteiger partial charge in [0.05, 0.1) is 22.9 Å². The number of rotatable bonds is 3. The van der Waals surface area contributed by atoms with Gasteiger partial charge in [0.1, 0.15) is 12.4 Å². The fourth-order valence-corrected chi connectivity index (χ4v) is 4.51. The number of hydrogen-bond acceptors (Lipinski definition) is 3. The summed E-state index contributed by atoms with van der Waals surface area (Å²) in [6.45, 7) is 1.03. The quantitative estimate of drug-likeness (QED) is 0.385. The second kappa shape index (κ2) is 7.64. The van der Waals surface area contributed by atoms with E-state index in [0.717, 1.165) is 33.3 Å². The minimum atomic E-state index is -0.956. The van der Waals surface area contributed by atoms with Crippen LogP contribution in [0.4, 0.5) is 0 Å². The second-order valence-corrected chi connectivity index (χ2v) is 8.16. The topological polar surface area (TPSA) is 64.3 Å². The normalized spacial score (nSPS) is 14.0. The molecule has 0 radical (unpaired) electrons. The van der Waals surface area contributed by atoms with Crippen LogP contribution in [0.2, 0.25) is 0 Å². The Labute approximate surface area is 190 Å². The van der Waals surface area contributed by atoms with E-state index in [0.29, 0.717) is 18.9 Å². The van der Waals surface area contributed by atoms with Gasteiger partial charge in [-0.15, -0.1) is 0 Å². The molecule has 6 rings (SSSR count). The first-order valence-corrected chi connectivity index (χ1v) is 10.8. The van der Waals surface area contributed by atoms with Crippen LogP contribution in [0.3, 0.4) is 0 Å². The molecule has 1 aliphatic heterocycles. The maximum absolute atomic E-state index is 11.7. The predicted molar refractivity (Wildman–Crippen MR) is 128 cm³/mol. The molecule has 5 heteroatoms. The van der Waals surface area contributed by atoms with E-state index in [-0.39, 0.29) is 5.56 Å². The molecule has 0 fully saturated rings. The van der Waals surface area contributed by atoms with Crippen molar-refractivity contribution in [2.24, 2.45) is 0 Å². The summed E-state index contributed by atoms with van der Waals surface area (Å²) in [6.07, 6.45) is 3.99. The summed E-state index contributed by atoms with van der Waals surface area (Å²) >= 11 is 0. The van der Waals surface area contributed by atoms with E-state index >= 15 is 0 Å².